The van der Waals surface area contributed by atoms with Crippen LogP contribution in [0.5, 0.6) is 0 Å². The number of hydrogen-bond donors (Lipinski definition) is 3. The first-order valence-electron chi connectivity index (χ1n) is 5.21. The smallest absolute Gasteiger partial charge is 0.0934 e. The van der Waals surface area contributed by atoms with Crippen LogP contribution < -0.4 is 5.32 Å². The molecule has 0 spiro atoms. The zero-order valence-electron chi connectivity index (χ0n) is 9.57. The van der Waals surface area contributed by atoms with E-state index in [0.717, 1.165) is 0 Å². The minimum atomic E-state index is -0.100. The van der Waals surface area contributed by atoms with Gasteiger partial charge in [0.05, 0.1) is 18.0 Å². The molecule has 0 aliphatic carbocycles. The molecule has 1 rings (SSSR count). The molecule has 0 atom stereocenters. The molecule has 16 heavy (non-hydrogen) atoms. The number of aliphatic hydroxyl groups is 1. The summed E-state index contributed by atoms with van der Waals surface area (Å²) in [6.07, 6.45) is 4.98. The van der Waals surface area contributed by atoms with Gasteiger partial charge in [-0.15, -0.1) is 0 Å². The standard InChI is InChI=1S/C12H17N3O/c1-9(2)14-7-5-11(13)12-10(8-16)4-3-6-15-12/h3-7,9,13-14,16H,8H2,1-2H3/b7-5-,13-11?. The lowest BCUT2D eigenvalue weighted by Gasteiger charge is -2.05. The lowest BCUT2D eigenvalue weighted by atomic mass is 10.1. The third-order valence-electron chi connectivity index (χ3n) is 2.00. The van der Waals surface area contributed by atoms with Crippen LogP contribution >= 0.6 is 0 Å². The van der Waals surface area contributed by atoms with Crippen LogP contribution in [0, 0.1) is 5.41 Å². The zero-order valence-corrected chi connectivity index (χ0v) is 9.57. The Morgan fingerprint density at radius 3 is 3.00 bits per heavy atom. The summed E-state index contributed by atoms with van der Waals surface area (Å²) < 4.78 is 0. The summed E-state index contributed by atoms with van der Waals surface area (Å²) in [6, 6.07) is 3.85. The van der Waals surface area contributed by atoms with Crippen molar-refractivity contribution in [2.45, 2.75) is 26.5 Å². The molecule has 1 aromatic rings. The number of nitrogens with one attached hydrogen (secondary N) is 2. The van der Waals surface area contributed by atoms with Gasteiger partial charge in [-0.1, -0.05) is 6.07 Å². The molecule has 0 aliphatic rings. The molecule has 4 nitrogen and oxygen atoms in total. The Labute approximate surface area is 95.5 Å². The number of rotatable bonds is 5. The van der Waals surface area contributed by atoms with E-state index in [1.165, 1.54) is 0 Å². The minimum absolute atomic E-state index is 0.100. The number of pyridine rings is 1. The van der Waals surface area contributed by atoms with Crippen molar-refractivity contribution in [2.75, 3.05) is 0 Å². The maximum Gasteiger partial charge on any atom is 0.0934 e. The summed E-state index contributed by atoms with van der Waals surface area (Å²) in [7, 11) is 0. The van der Waals surface area contributed by atoms with Crippen LogP contribution in [0.3, 0.4) is 0 Å². The Morgan fingerprint density at radius 2 is 2.38 bits per heavy atom. The van der Waals surface area contributed by atoms with E-state index in [2.05, 4.69) is 10.3 Å². The van der Waals surface area contributed by atoms with Crippen molar-refractivity contribution in [1.29, 1.82) is 5.41 Å². The van der Waals surface area contributed by atoms with E-state index in [0.29, 0.717) is 17.3 Å². The normalized spacial score (nSPS) is 11.0. The third-order valence-corrected chi connectivity index (χ3v) is 2.00. The van der Waals surface area contributed by atoms with Crippen LogP contribution in [-0.2, 0) is 6.61 Å². The zero-order chi connectivity index (χ0) is 12.0. The molecule has 3 N–H and O–H groups in total. The summed E-state index contributed by atoms with van der Waals surface area (Å²) in [5, 5.41) is 20.0. The van der Waals surface area contributed by atoms with Gasteiger partial charge in [0, 0.05) is 17.8 Å². The monoisotopic (exact) mass is 219 g/mol. The average molecular weight is 219 g/mol. The van der Waals surface area contributed by atoms with Crippen molar-refractivity contribution in [3.8, 4) is 0 Å². The van der Waals surface area contributed by atoms with E-state index in [1.807, 2.05) is 13.8 Å². The maximum atomic E-state index is 9.10. The van der Waals surface area contributed by atoms with Crippen molar-refractivity contribution >= 4 is 5.71 Å². The Kier molecular flexibility index (Phi) is 4.66. The summed E-state index contributed by atoms with van der Waals surface area (Å²) in [4.78, 5) is 4.08. The average Bonchev–Trinajstić information content (AvgIpc) is 2.28. The van der Waals surface area contributed by atoms with Gasteiger partial charge in [0.2, 0.25) is 0 Å². The van der Waals surface area contributed by atoms with Crippen LogP contribution in [0.25, 0.3) is 0 Å². The highest BCUT2D eigenvalue weighted by atomic mass is 16.3. The summed E-state index contributed by atoms with van der Waals surface area (Å²) in [6.45, 7) is 3.94. The van der Waals surface area contributed by atoms with Gasteiger partial charge in [-0.05, 0) is 32.2 Å². The highest BCUT2D eigenvalue weighted by Crippen LogP contribution is 2.06. The molecule has 0 saturated heterocycles. The fourth-order valence-corrected chi connectivity index (χ4v) is 1.21. The van der Waals surface area contributed by atoms with Crippen LogP contribution in [0.4, 0.5) is 0 Å². The van der Waals surface area contributed by atoms with Crippen molar-refractivity contribution in [3.05, 3.63) is 41.9 Å². The van der Waals surface area contributed by atoms with Crippen molar-refractivity contribution in [2.24, 2.45) is 0 Å². The molecular weight excluding hydrogens is 202 g/mol. The minimum Gasteiger partial charge on any atom is -0.392 e. The molecule has 0 bridgehead atoms. The number of aliphatic hydroxyl groups excluding tert-OH is 1. The van der Waals surface area contributed by atoms with E-state index in [4.69, 9.17) is 10.5 Å². The van der Waals surface area contributed by atoms with Gasteiger partial charge in [0.25, 0.3) is 0 Å². The summed E-state index contributed by atoms with van der Waals surface area (Å²) in [5.41, 5.74) is 1.48. The Bertz CT molecular complexity index is 386. The van der Waals surface area contributed by atoms with Crippen LogP contribution in [0.2, 0.25) is 0 Å². The lowest BCUT2D eigenvalue weighted by molar-refractivity contribution is 0.281. The number of hydrogen-bond acceptors (Lipinski definition) is 4. The van der Waals surface area contributed by atoms with Gasteiger partial charge >= 0.3 is 0 Å². The molecular formula is C12H17N3O. The predicted molar refractivity (Wildman–Crippen MR) is 64.4 cm³/mol. The highest BCUT2D eigenvalue weighted by molar-refractivity contribution is 6.05. The van der Waals surface area contributed by atoms with E-state index in [1.54, 1.807) is 30.6 Å². The van der Waals surface area contributed by atoms with Gasteiger partial charge in [0.1, 0.15) is 0 Å². The molecule has 0 fully saturated rings. The molecule has 86 valence electrons. The lowest BCUT2D eigenvalue weighted by Crippen LogP contribution is -2.16. The van der Waals surface area contributed by atoms with Crippen molar-refractivity contribution in [1.82, 2.24) is 10.3 Å². The second-order valence-electron chi connectivity index (χ2n) is 3.74. The molecule has 0 unspecified atom stereocenters. The number of allylic oxidation sites excluding steroid dienone is 1. The Balaban J connectivity index is 2.76. The van der Waals surface area contributed by atoms with Crippen molar-refractivity contribution < 1.29 is 5.11 Å². The van der Waals surface area contributed by atoms with Crippen LogP contribution in [-0.4, -0.2) is 21.8 Å². The second-order valence-corrected chi connectivity index (χ2v) is 3.74. The quantitative estimate of drug-likeness (QED) is 0.656. The van der Waals surface area contributed by atoms with Crippen LogP contribution in [0.1, 0.15) is 25.1 Å². The summed E-state index contributed by atoms with van der Waals surface area (Å²) in [5.74, 6) is 0. The SMILES string of the molecule is CC(C)N/C=C\C(=N)c1ncccc1CO. The largest absolute Gasteiger partial charge is 0.392 e. The number of aromatic nitrogens is 1. The molecule has 4 heteroatoms. The molecule has 0 aliphatic heterocycles. The van der Waals surface area contributed by atoms with Gasteiger partial charge < -0.3 is 10.4 Å². The fourth-order valence-electron chi connectivity index (χ4n) is 1.21. The molecule has 0 amide bonds. The molecule has 0 radical (unpaired) electrons. The molecule has 1 heterocycles. The van der Waals surface area contributed by atoms with Gasteiger partial charge in [-0.3, -0.25) is 10.4 Å². The Hall–Kier alpha value is -1.68. The number of nitrogens with zero attached hydrogens (tertiary/aromatic N) is 1. The predicted octanol–water partition coefficient (Wildman–Crippen LogP) is 1.45. The van der Waals surface area contributed by atoms with E-state index in [-0.39, 0.29) is 12.3 Å². The summed E-state index contributed by atoms with van der Waals surface area (Å²) >= 11 is 0. The first-order valence-corrected chi connectivity index (χ1v) is 5.21. The fraction of sp³-hybridized carbons (Fsp3) is 0.333. The molecule has 1 aromatic heterocycles. The first-order chi connectivity index (χ1) is 7.65. The van der Waals surface area contributed by atoms with E-state index >= 15 is 0 Å². The second kappa shape index (κ2) is 6.02. The Morgan fingerprint density at radius 1 is 1.62 bits per heavy atom. The van der Waals surface area contributed by atoms with E-state index in [9.17, 15) is 0 Å². The van der Waals surface area contributed by atoms with Crippen molar-refractivity contribution in [3.63, 3.8) is 0 Å². The van der Waals surface area contributed by atoms with Gasteiger partial charge in [-0.2, -0.15) is 0 Å². The van der Waals surface area contributed by atoms with Crippen LogP contribution in [0.15, 0.2) is 30.6 Å². The van der Waals surface area contributed by atoms with E-state index < -0.39 is 0 Å². The maximum absolute atomic E-state index is 9.10. The topological polar surface area (TPSA) is 69.0 Å². The third kappa shape index (κ3) is 3.47. The molecule has 0 saturated carbocycles. The first kappa shape index (κ1) is 12.4. The van der Waals surface area contributed by atoms with Gasteiger partial charge in [-0.25, -0.2) is 0 Å². The van der Waals surface area contributed by atoms with Gasteiger partial charge in [0.15, 0.2) is 0 Å². The molecule has 0 aromatic carbocycles. The highest BCUT2D eigenvalue weighted by Gasteiger charge is 2.05.